The number of aryl methyl sites for hydroxylation is 2. The summed E-state index contributed by atoms with van der Waals surface area (Å²) in [6.45, 7) is 3.39. The van der Waals surface area contributed by atoms with E-state index in [2.05, 4.69) is 9.71 Å². The fourth-order valence-electron chi connectivity index (χ4n) is 2.21. The lowest BCUT2D eigenvalue weighted by Crippen LogP contribution is -2.33. The molecule has 2 rings (SSSR count). The highest BCUT2D eigenvalue weighted by molar-refractivity contribution is 7.89. The number of hydrogen-bond donors (Lipinski definition) is 1. The van der Waals surface area contributed by atoms with Crippen LogP contribution in [0.3, 0.4) is 0 Å². The summed E-state index contributed by atoms with van der Waals surface area (Å²) in [6, 6.07) is 6.65. The van der Waals surface area contributed by atoms with Gasteiger partial charge in [-0.15, -0.1) is 0 Å². The van der Waals surface area contributed by atoms with Gasteiger partial charge >= 0.3 is 0 Å². The van der Waals surface area contributed by atoms with E-state index in [9.17, 15) is 17.2 Å². The molecule has 0 aliphatic heterocycles. The summed E-state index contributed by atoms with van der Waals surface area (Å²) in [5.74, 6) is -1.80. The smallest absolute Gasteiger partial charge is 0.243 e. The Hall–Kier alpha value is -1.86. The van der Waals surface area contributed by atoms with Crippen molar-refractivity contribution in [2.45, 2.75) is 37.8 Å². The van der Waals surface area contributed by atoms with E-state index < -0.39 is 21.7 Å². The van der Waals surface area contributed by atoms with Crippen LogP contribution in [0.2, 0.25) is 0 Å². The SMILES string of the molecule is Cc1cccnc1S(=O)(=O)NC(C)CCc1ccc(F)c(F)c1. The van der Waals surface area contributed by atoms with E-state index in [0.717, 1.165) is 12.1 Å². The number of rotatable bonds is 6. The van der Waals surface area contributed by atoms with Crippen LogP contribution >= 0.6 is 0 Å². The second kappa shape index (κ2) is 7.14. The molecule has 1 unspecified atom stereocenters. The lowest BCUT2D eigenvalue weighted by atomic mass is 10.1. The van der Waals surface area contributed by atoms with Gasteiger partial charge in [-0.1, -0.05) is 12.1 Å². The molecule has 0 saturated heterocycles. The third-order valence-electron chi connectivity index (χ3n) is 3.42. The Morgan fingerprint density at radius 3 is 2.61 bits per heavy atom. The highest BCUT2D eigenvalue weighted by Crippen LogP contribution is 2.14. The van der Waals surface area contributed by atoms with E-state index in [4.69, 9.17) is 0 Å². The van der Waals surface area contributed by atoms with Crippen molar-refractivity contribution in [3.8, 4) is 0 Å². The van der Waals surface area contributed by atoms with Crippen LogP contribution in [-0.2, 0) is 16.4 Å². The Balaban J connectivity index is 2.00. The summed E-state index contributed by atoms with van der Waals surface area (Å²) in [6.07, 6.45) is 2.31. The summed E-state index contributed by atoms with van der Waals surface area (Å²) in [5.41, 5.74) is 1.18. The first-order valence-corrected chi connectivity index (χ1v) is 8.66. The van der Waals surface area contributed by atoms with Gasteiger partial charge in [0, 0.05) is 12.2 Å². The minimum absolute atomic E-state index is 0.000299. The molecule has 1 N–H and O–H groups in total. The zero-order chi connectivity index (χ0) is 17.0. The first-order chi connectivity index (χ1) is 10.8. The molecule has 23 heavy (non-hydrogen) atoms. The molecular weight excluding hydrogens is 322 g/mol. The van der Waals surface area contributed by atoms with Gasteiger partial charge in [0.1, 0.15) is 0 Å². The van der Waals surface area contributed by atoms with Gasteiger partial charge in [0.05, 0.1) is 0 Å². The third-order valence-corrected chi connectivity index (χ3v) is 5.07. The van der Waals surface area contributed by atoms with Gasteiger partial charge in [0.25, 0.3) is 10.0 Å². The second-order valence-corrected chi connectivity index (χ2v) is 7.06. The maximum Gasteiger partial charge on any atom is 0.258 e. The average molecular weight is 340 g/mol. The van der Waals surface area contributed by atoms with Gasteiger partial charge in [0.2, 0.25) is 0 Å². The lowest BCUT2D eigenvalue weighted by Gasteiger charge is -2.14. The van der Waals surface area contributed by atoms with Crippen molar-refractivity contribution in [1.82, 2.24) is 9.71 Å². The standard InChI is InChI=1S/C16H18F2N2O2S/c1-11-4-3-9-19-16(11)23(21,22)20-12(2)5-6-13-7-8-14(17)15(18)10-13/h3-4,7-10,12,20H,5-6H2,1-2H3. The summed E-state index contributed by atoms with van der Waals surface area (Å²) in [4.78, 5) is 3.90. The molecule has 1 heterocycles. The molecular formula is C16H18F2N2O2S. The van der Waals surface area contributed by atoms with E-state index in [-0.39, 0.29) is 11.1 Å². The quantitative estimate of drug-likeness (QED) is 0.879. The predicted octanol–water partition coefficient (Wildman–Crippen LogP) is 2.97. The minimum atomic E-state index is -3.70. The Bertz CT molecular complexity index is 794. The summed E-state index contributed by atoms with van der Waals surface area (Å²) >= 11 is 0. The monoisotopic (exact) mass is 340 g/mol. The van der Waals surface area contributed by atoms with Crippen molar-refractivity contribution in [2.24, 2.45) is 0 Å². The molecule has 0 radical (unpaired) electrons. The largest absolute Gasteiger partial charge is 0.258 e. The minimum Gasteiger partial charge on any atom is -0.243 e. The van der Waals surface area contributed by atoms with Crippen LogP contribution in [0.25, 0.3) is 0 Å². The van der Waals surface area contributed by atoms with E-state index in [1.807, 2.05) is 0 Å². The number of aromatic nitrogens is 1. The Labute approximate surface area is 134 Å². The molecule has 0 spiro atoms. The van der Waals surface area contributed by atoms with Gasteiger partial charge in [-0.25, -0.2) is 26.9 Å². The van der Waals surface area contributed by atoms with E-state index in [1.54, 1.807) is 26.0 Å². The Kier molecular flexibility index (Phi) is 5.43. The van der Waals surface area contributed by atoms with Crippen LogP contribution in [0.4, 0.5) is 8.78 Å². The molecule has 124 valence electrons. The number of benzene rings is 1. The number of nitrogens with one attached hydrogen (secondary N) is 1. The maximum atomic E-state index is 13.1. The molecule has 1 aromatic heterocycles. The topological polar surface area (TPSA) is 59.1 Å². The number of pyridine rings is 1. The molecule has 1 atom stereocenters. The Morgan fingerprint density at radius 2 is 1.96 bits per heavy atom. The summed E-state index contributed by atoms with van der Waals surface area (Å²) in [5, 5.41) is -0.000299. The van der Waals surface area contributed by atoms with E-state index >= 15 is 0 Å². The zero-order valence-corrected chi connectivity index (χ0v) is 13.7. The van der Waals surface area contributed by atoms with Crippen molar-refractivity contribution < 1.29 is 17.2 Å². The number of hydrogen-bond acceptors (Lipinski definition) is 3. The maximum absolute atomic E-state index is 13.1. The van der Waals surface area contributed by atoms with Gasteiger partial charge in [-0.2, -0.15) is 0 Å². The highest BCUT2D eigenvalue weighted by atomic mass is 32.2. The molecule has 7 heteroatoms. The van der Waals surface area contributed by atoms with Gasteiger partial charge in [0.15, 0.2) is 16.7 Å². The second-order valence-electron chi connectivity index (χ2n) is 5.43. The van der Waals surface area contributed by atoms with Gasteiger partial charge in [-0.3, -0.25) is 0 Å². The molecule has 1 aromatic carbocycles. The molecule has 4 nitrogen and oxygen atoms in total. The average Bonchev–Trinajstić information content (AvgIpc) is 2.48. The van der Waals surface area contributed by atoms with Crippen LogP contribution < -0.4 is 4.72 Å². The van der Waals surface area contributed by atoms with Crippen LogP contribution in [0.1, 0.15) is 24.5 Å². The van der Waals surface area contributed by atoms with Gasteiger partial charge < -0.3 is 0 Å². The number of nitrogens with zero attached hydrogens (tertiary/aromatic N) is 1. The zero-order valence-electron chi connectivity index (χ0n) is 12.9. The van der Waals surface area contributed by atoms with E-state index in [0.29, 0.717) is 24.0 Å². The van der Waals surface area contributed by atoms with Crippen LogP contribution in [-0.4, -0.2) is 19.4 Å². The summed E-state index contributed by atoms with van der Waals surface area (Å²) in [7, 11) is -3.70. The van der Waals surface area contributed by atoms with Crippen molar-refractivity contribution in [2.75, 3.05) is 0 Å². The first-order valence-electron chi connectivity index (χ1n) is 7.17. The normalized spacial score (nSPS) is 13.0. The van der Waals surface area contributed by atoms with E-state index in [1.165, 1.54) is 12.3 Å². The summed E-state index contributed by atoms with van der Waals surface area (Å²) < 4.78 is 53.1. The fourth-order valence-corrected chi connectivity index (χ4v) is 3.66. The van der Waals surface area contributed by atoms with Crippen molar-refractivity contribution in [3.05, 3.63) is 59.3 Å². The van der Waals surface area contributed by atoms with Crippen molar-refractivity contribution in [3.63, 3.8) is 0 Å². The lowest BCUT2D eigenvalue weighted by molar-refractivity contribution is 0.505. The molecule has 0 aliphatic rings. The molecule has 0 fully saturated rings. The van der Waals surface area contributed by atoms with Crippen LogP contribution in [0, 0.1) is 18.6 Å². The number of sulfonamides is 1. The number of halogens is 2. The fraction of sp³-hybridized carbons (Fsp3) is 0.312. The van der Waals surface area contributed by atoms with Crippen LogP contribution in [0.15, 0.2) is 41.6 Å². The Morgan fingerprint density at radius 1 is 1.22 bits per heavy atom. The molecule has 0 aliphatic carbocycles. The van der Waals surface area contributed by atoms with Crippen molar-refractivity contribution in [1.29, 1.82) is 0 Å². The predicted molar refractivity (Wildman–Crippen MR) is 83.4 cm³/mol. The molecule has 0 bridgehead atoms. The van der Waals surface area contributed by atoms with Crippen LogP contribution in [0.5, 0.6) is 0 Å². The highest BCUT2D eigenvalue weighted by Gasteiger charge is 2.20. The third kappa shape index (κ3) is 4.56. The molecule has 0 saturated carbocycles. The molecule has 0 amide bonds. The van der Waals surface area contributed by atoms with Crippen molar-refractivity contribution >= 4 is 10.0 Å². The van der Waals surface area contributed by atoms with Gasteiger partial charge in [-0.05, 0) is 56.0 Å². The first kappa shape index (κ1) is 17.5. The molecule has 2 aromatic rings.